The van der Waals surface area contributed by atoms with Crippen LogP contribution in [0, 0.1) is 10.1 Å². The van der Waals surface area contributed by atoms with Crippen molar-refractivity contribution in [2.75, 3.05) is 40.0 Å². The summed E-state index contributed by atoms with van der Waals surface area (Å²) < 4.78 is 23.2. The number of carbonyl (C=O) groups is 2. The van der Waals surface area contributed by atoms with Crippen LogP contribution in [-0.4, -0.2) is 70.0 Å². The first-order valence-electron chi connectivity index (χ1n) is 17.2. The maximum absolute atomic E-state index is 13.2. The number of likely N-dealkylation sites (N-methyl/N-ethyl adjacent to an activating group) is 1. The van der Waals surface area contributed by atoms with Crippen LogP contribution in [0.2, 0.25) is 25.7 Å². The number of hydrogen-bond acceptors (Lipinski definition) is 8. The van der Waals surface area contributed by atoms with Gasteiger partial charge in [0.2, 0.25) is 0 Å². The van der Waals surface area contributed by atoms with E-state index in [1.807, 2.05) is 42.5 Å². The molecule has 268 valence electrons. The molecular weight excluding hydrogens is 665 g/mol. The van der Waals surface area contributed by atoms with Gasteiger partial charge in [-0.15, -0.1) is 0 Å². The highest BCUT2D eigenvalue weighted by Gasteiger charge is 2.29. The number of fused-ring (bicyclic) bond motifs is 3. The predicted octanol–water partition coefficient (Wildman–Crippen LogP) is 8.25. The van der Waals surface area contributed by atoms with Gasteiger partial charge in [-0.25, -0.2) is 9.59 Å². The molecule has 1 aliphatic carbocycles. The van der Waals surface area contributed by atoms with Gasteiger partial charge in [0.05, 0.1) is 43.5 Å². The first kappa shape index (κ1) is 37.4. The van der Waals surface area contributed by atoms with Crippen LogP contribution in [0.1, 0.15) is 44.1 Å². The SMILES string of the molecule is CN(CCOCCc1ccc(COCc2ccc([N+](=O)[O-])cc2)c(C(=O)OCC[Si](C)(C)C)c1)C(=O)OCC1c2ccccc2-c2ccccc21. The molecule has 1 aliphatic rings. The van der Waals surface area contributed by atoms with E-state index in [0.717, 1.165) is 17.2 Å². The molecule has 11 heteroatoms. The van der Waals surface area contributed by atoms with Crippen LogP contribution < -0.4 is 0 Å². The largest absolute Gasteiger partial charge is 0.462 e. The second kappa shape index (κ2) is 17.4. The summed E-state index contributed by atoms with van der Waals surface area (Å²) in [5.41, 5.74) is 7.57. The van der Waals surface area contributed by atoms with E-state index >= 15 is 0 Å². The third-order valence-corrected chi connectivity index (χ3v) is 10.6. The Balaban J connectivity index is 1.10. The molecule has 0 spiro atoms. The van der Waals surface area contributed by atoms with Gasteiger partial charge >= 0.3 is 12.1 Å². The van der Waals surface area contributed by atoms with Crippen molar-refractivity contribution < 1.29 is 33.5 Å². The third-order valence-electron chi connectivity index (χ3n) is 8.91. The number of nitro benzene ring substituents is 1. The average Bonchev–Trinajstić information content (AvgIpc) is 3.43. The smallest absolute Gasteiger partial charge is 0.409 e. The molecule has 0 unspecified atom stereocenters. The maximum Gasteiger partial charge on any atom is 0.409 e. The van der Waals surface area contributed by atoms with E-state index in [4.69, 9.17) is 18.9 Å². The first-order chi connectivity index (χ1) is 24.5. The number of ether oxygens (including phenoxy) is 4. The minimum Gasteiger partial charge on any atom is -0.462 e. The lowest BCUT2D eigenvalue weighted by molar-refractivity contribution is -0.384. The van der Waals surface area contributed by atoms with Crippen molar-refractivity contribution in [3.05, 3.63) is 134 Å². The fraction of sp³-hybridized carbons (Fsp3) is 0.350. The zero-order chi connectivity index (χ0) is 36.4. The summed E-state index contributed by atoms with van der Waals surface area (Å²) in [6, 6.07) is 29.2. The van der Waals surface area contributed by atoms with E-state index in [9.17, 15) is 19.7 Å². The summed E-state index contributed by atoms with van der Waals surface area (Å²) in [5, 5.41) is 10.9. The summed E-state index contributed by atoms with van der Waals surface area (Å²) in [5.74, 6) is -0.392. The van der Waals surface area contributed by atoms with Crippen molar-refractivity contribution in [1.29, 1.82) is 0 Å². The molecule has 51 heavy (non-hydrogen) atoms. The van der Waals surface area contributed by atoms with E-state index in [0.29, 0.717) is 43.9 Å². The molecule has 4 aromatic rings. The number of hydrogen-bond donors (Lipinski definition) is 0. The van der Waals surface area contributed by atoms with E-state index in [2.05, 4.69) is 43.9 Å². The number of esters is 1. The first-order valence-corrected chi connectivity index (χ1v) is 20.9. The maximum atomic E-state index is 13.2. The number of amides is 1. The topological polar surface area (TPSA) is 117 Å². The van der Waals surface area contributed by atoms with Gasteiger partial charge in [0.1, 0.15) is 6.61 Å². The number of benzene rings is 4. The highest BCUT2D eigenvalue weighted by atomic mass is 28.3. The summed E-state index contributed by atoms with van der Waals surface area (Å²) >= 11 is 0. The molecule has 0 bridgehead atoms. The number of rotatable bonds is 17. The fourth-order valence-electron chi connectivity index (χ4n) is 5.90. The molecule has 0 aliphatic heterocycles. The molecule has 0 heterocycles. The van der Waals surface area contributed by atoms with E-state index < -0.39 is 25.1 Å². The normalized spacial score (nSPS) is 12.2. The Labute approximate surface area is 300 Å². The molecule has 1 amide bonds. The zero-order valence-electron chi connectivity index (χ0n) is 29.8. The number of non-ortho nitro benzene ring substituents is 1. The molecule has 5 rings (SSSR count). The van der Waals surface area contributed by atoms with Crippen molar-refractivity contribution in [2.45, 2.75) is 51.2 Å². The van der Waals surface area contributed by atoms with Crippen LogP contribution in [0.25, 0.3) is 11.1 Å². The van der Waals surface area contributed by atoms with Gasteiger partial charge in [-0.3, -0.25) is 10.1 Å². The van der Waals surface area contributed by atoms with Crippen molar-refractivity contribution in [3.8, 4) is 11.1 Å². The van der Waals surface area contributed by atoms with Crippen molar-refractivity contribution in [1.82, 2.24) is 4.90 Å². The van der Waals surface area contributed by atoms with Crippen LogP contribution in [0.15, 0.2) is 91.0 Å². The van der Waals surface area contributed by atoms with Gasteiger partial charge < -0.3 is 23.8 Å². The van der Waals surface area contributed by atoms with Crippen LogP contribution in [0.3, 0.4) is 0 Å². The van der Waals surface area contributed by atoms with Gasteiger partial charge in [-0.05, 0) is 69.6 Å². The van der Waals surface area contributed by atoms with Gasteiger partial charge in [0.25, 0.3) is 5.69 Å². The monoisotopic (exact) mass is 710 g/mol. The van der Waals surface area contributed by atoms with Gasteiger partial charge in [0, 0.05) is 39.7 Å². The predicted molar refractivity (Wildman–Crippen MR) is 199 cm³/mol. The second-order valence-electron chi connectivity index (χ2n) is 13.9. The summed E-state index contributed by atoms with van der Waals surface area (Å²) in [7, 11) is 0.309. The van der Waals surface area contributed by atoms with Crippen molar-refractivity contribution >= 4 is 25.8 Å². The Morgan fingerprint density at radius 3 is 2.08 bits per heavy atom. The van der Waals surface area contributed by atoms with Gasteiger partial charge in [-0.1, -0.05) is 80.3 Å². The minimum atomic E-state index is -1.39. The van der Waals surface area contributed by atoms with Crippen molar-refractivity contribution in [2.24, 2.45) is 0 Å². The lowest BCUT2D eigenvalue weighted by Crippen LogP contribution is -2.31. The number of nitrogens with zero attached hydrogens (tertiary/aromatic N) is 2. The lowest BCUT2D eigenvalue weighted by Gasteiger charge is -2.20. The average molecular weight is 711 g/mol. The Kier molecular flexibility index (Phi) is 12.8. The molecule has 0 N–H and O–H groups in total. The zero-order valence-corrected chi connectivity index (χ0v) is 30.8. The Bertz CT molecular complexity index is 1780. The summed E-state index contributed by atoms with van der Waals surface area (Å²) in [6.45, 7) is 8.84. The summed E-state index contributed by atoms with van der Waals surface area (Å²) in [6.07, 6.45) is 0.164. The molecule has 0 saturated carbocycles. The van der Waals surface area contributed by atoms with E-state index in [1.54, 1.807) is 19.2 Å². The van der Waals surface area contributed by atoms with E-state index in [1.165, 1.54) is 39.3 Å². The number of nitro groups is 1. The molecule has 0 radical (unpaired) electrons. The van der Waals surface area contributed by atoms with Gasteiger partial charge in [0.15, 0.2) is 0 Å². The molecular formula is C40H46N2O8Si. The molecule has 4 aromatic carbocycles. The van der Waals surface area contributed by atoms with Crippen molar-refractivity contribution in [3.63, 3.8) is 0 Å². The van der Waals surface area contributed by atoms with Crippen LogP contribution >= 0.6 is 0 Å². The number of carbonyl (C=O) groups excluding carboxylic acids is 2. The highest BCUT2D eigenvalue weighted by Crippen LogP contribution is 2.44. The second-order valence-corrected chi connectivity index (χ2v) is 19.6. The molecule has 10 nitrogen and oxygen atoms in total. The molecule has 0 aromatic heterocycles. The Morgan fingerprint density at radius 1 is 0.784 bits per heavy atom. The van der Waals surface area contributed by atoms with Crippen LogP contribution in [0.5, 0.6) is 0 Å². The lowest BCUT2D eigenvalue weighted by atomic mass is 9.98. The van der Waals surface area contributed by atoms with E-state index in [-0.39, 0.29) is 31.4 Å². The fourth-order valence-corrected chi connectivity index (χ4v) is 6.62. The molecule has 0 saturated heterocycles. The standard InChI is InChI=1S/C40H46N2O8Si/c1-41(40(44)50-28-38-35-11-7-5-9-33(35)34-10-6-8-12-36(34)38)20-22-47-21-19-29-13-16-31(37(25-29)39(43)49-23-24-51(2,3)4)27-48-26-30-14-17-32(18-15-30)42(45)46/h5-18,25,38H,19-24,26-28H2,1-4H3. The molecule has 0 atom stereocenters. The van der Waals surface area contributed by atoms with Crippen LogP contribution in [0.4, 0.5) is 10.5 Å². The Morgan fingerprint density at radius 2 is 1.43 bits per heavy atom. The Hall–Kier alpha value is -4.84. The van der Waals surface area contributed by atoms with Gasteiger partial charge in [-0.2, -0.15) is 0 Å². The van der Waals surface area contributed by atoms with Crippen LogP contribution in [-0.2, 0) is 38.6 Å². The summed E-state index contributed by atoms with van der Waals surface area (Å²) in [4.78, 5) is 38.1. The quantitative estimate of drug-likeness (QED) is 0.0354. The minimum absolute atomic E-state index is 0.00141. The third kappa shape index (κ3) is 10.3. The highest BCUT2D eigenvalue weighted by molar-refractivity contribution is 6.76. The molecule has 0 fully saturated rings.